The molecular formula is C21H27N9O3S. The van der Waals surface area contributed by atoms with Crippen LogP contribution in [0.15, 0.2) is 40.5 Å². The van der Waals surface area contributed by atoms with Crippen LogP contribution in [0.2, 0.25) is 0 Å². The lowest BCUT2D eigenvalue weighted by molar-refractivity contribution is -0.127. The number of morpholine rings is 1. The van der Waals surface area contributed by atoms with E-state index in [1.54, 1.807) is 23.5 Å². The Labute approximate surface area is 201 Å². The zero-order chi connectivity index (χ0) is 23.7. The maximum Gasteiger partial charge on any atom is 0.325 e. The normalized spacial score (nSPS) is 23.6. The number of ether oxygens (including phenoxy) is 1. The van der Waals surface area contributed by atoms with Crippen molar-refractivity contribution in [3.05, 3.63) is 30.3 Å². The van der Waals surface area contributed by atoms with Gasteiger partial charge in [0.25, 0.3) is 5.91 Å². The second kappa shape index (κ2) is 9.58. The van der Waals surface area contributed by atoms with Gasteiger partial charge in [0.2, 0.25) is 5.16 Å². The highest BCUT2D eigenvalue weighted by molar-refractivity contribution is 7.99. The van der Waals surface area contributed by atoms with Gasteiger partial charge in [-0.15, -0.1) is 5.10 Å². The van der Waals surface area contributed by atoms with Gasteiger partial charge in [-0.1, -0.05) is 36.9 Å². The second-order valence-corrected chi connectivity index (χ2v) is 9.56. The van der Waals surface area contributed by atoms with Crippen LogP contribution in [-0.4, -0.2) is 111 Å². The number of rotatable bonds is 6. The van der Waals surface area contributed by atoms with E-state index in [0.29, 0.717) is 38.0 Å². The van der Waals surface area contributed by atoms with Crippen molar-refractivity contribution in [2.75, 3.05) is 45.6 Å². The van der Waals surface area contributed by atoms with Gasteiger partial charge < -0.3 is 19.4 Å². The van der Waals surface area contributed by atoms with Crippen LogP contribution in [0.1, 0.15) is 6.92 Å². The molecule has 0 radical (unpaired) electrons. The Morgan fingerprint density at radius 1 is 1.21 bits per heavy atom. The standard InChI is InChI=1S/C21H27N9O3S/c1-14(13-34-21-24-25-26-30(21)15-6-4-3-5-7-15)12-29-16-17(27(2)20(32)23-18(16)31)22-19(29)28-8-10-33-11-9-28/h3-7,14,16-17H,8-13H2,1-2H3,(H,23,31,32). The van der Waals surface area contributed by atoms with Crippen molar-refractivity contribution >= 4 is 29.7 Å². The fraction of sp³-hybridized carbons (Fsp3) is 0.524. The van der Waals surface area contributed by atoms with Gasteiger partial charge in [0.1, 0.15) is 0 Å². The molecule has 3 amide bonds. The van der Waals surface area contributed by atoms with E-state index >= 15 is 0 Å². The van der Waals surface area contributed by atoms with E-state index in [4.69, 9.17) is 9.73 Å². The molecule has 3 atom stereocenters. The fourth-order valence-corrected chi connectivity index (χ4v) is 5.24. The highest BCUT2D eigenvalue weighted by atomic mass is 32.2. The molecule has 180 valence electrons. The molecule has 5 rings (SSSR count). The first-order valence-electron chi connectivity index (χ1n) is 11.2. The summed E-state index contributed by atoms with van der Waals surface area (Å²) >= 11 is 1.57. The number of nitrogens with one attached hydrogen (secondary N) is 1. The largest absolute Gasteiger partial charge is 0.378 e. The molecule has 1 aromatic carbocycles. The number of urea groups is 1. The molecule has 3 aliphatic rings. The number of fused-ring (bicyclic) bond motifs is 1. The molecule has 3 aliphatic heterocycles. The van der Waals surface area contributed by atoms with Crippen molar-refractivity contribution < 1.29 is 14.3 Å². The number of aliphatic imine (C=N–C) groups is 1. The number of thioether (sulfide) groups is 1. The molecule has 2 saturated heterocycles. The summed E-state index contributed by atoms with van der Waals surface area (Å²) < 4.78 is 7.22. The molecule has 12 nitrogen and oxygen atoms in total. The molecule has 0 spiro atoms. The molecule has 0 saturated carbocycles. The monoisotopic (exact) mass is 485 g/mol. The van der Waals surface area contributed by atoms with Crippen molar-refractivity contribution in [2.45, 2.75) is 24.3 Å². The lowest BCUT2D eigenvalue weighted by Gasteiger charge is -2.39. The summed E-state index contributed by atoms with van der Waals surface area (Å²) in [5.74, 6) is 1.37. The van der Waals surface area contributed by atoms with Crippen LogP contribution in [0, 0.1) is 5.92 Å². The average Bonchev–Trinajstić information content (AvgIpc) is 3.48. The first-order chi connectivity index (χ1) is 16.5. The number of hydrogen-bond donors (Lipinski definition) is 1. The first kappa shape index (κ1) is 22.6. The highest BCUT2D eigenvalue weighted by Gasteiger charge is 2.50. The number of nitrogens with zero attached hydrogens (tertiary/aromatic N) is 8. The van der Waals surface area contributed by atoms with Crippen LogP contribution in [0.5, 0.6) is 0 Å². The van der Waals surface area contributed by atoms with Gasteiger partial charge in [-0.3, -0.25) is 10.1 Å². The number of amides is 3. The number of para-hydroxylation sites is 1. The van der Waals surface area contributed by atoms with Crippen LogP contribution in [-0.2, 0) is 9.53 Å². The highest BCUT2D eigenvalue weighted by Crippen LogP contribution is 2.28. The van der Waals surface area contributed by atoms with Crippen LogP contribution in [0.3, 0.4) is 0 Å². The van der Waals surface area contributed by atoms with Crippen LogP contribution >= 0.6 is 11.8 Å². The van der Waals surface area contributed by atoms with Crippen molar-refractivity contribution in [2.24, 2.45) is 10.9 Å². The molecule has 1 aromatic heterocycles. The Hall–Kier alpha value is -3.19. The number of imide groups is 1. The zero-order valence-corrected chi connectivity index (χ0v) is 19.9. The molecule has 1 N–H and O–H groups in total. The van der Waals surface area contributed by atoms with Gasteiger partial charge in [0.05, 0.1) is 18.9 Å². The minimum Gasteiger partial charge on any atom is -0.378 e. The minimum absolute atomic E-state index is 0.187. The van der Waals surface area contributed by atoms with E-state index in [-0.39, 0.29) is 11.8 Å². The SMILES string of the molecule is CC(CSc1nnnn1-c1ccccc1)CN1C(N2CCOCC2)=NC2C1C(=O)NC(=O)N2C. The van der Waals surface area contributed by atoms with E-state index < -0.39 is 18.2 Å². The van der Waals surface area contributed by atoms with Crippen molar-refractivity contribution in [3.8, 4) is 5.69 Å². The average molecular weight is 486 g/mol. The third kappa shape index (κ3) is 4.32. The van der Waals surface area contributed by atoms with E-state index in [2.05, 4.69) is 32.7 Å². The summed E-state index contributed by atoms with van der Waals surface area (Å²) in [4.78, 5) is 35.5. The van der Waals surface area contributed by atoms with Crippen LogP contribution < -0.4 is 5.32 Å². The predicted octanol–water partition coefficient (Wildman–Crippen LogP) is 0.271. The Kier molecular flexibility index (Phi) is 6.37. The number of likely N-dealkylation sites (N-methyl/N-ethyl adjacent to an activating group) is 1. The fourth-order valence-electron chi connectivity index (χ4n) is 4.34. The number of carbonyl (C=O) groups excluding carboxylic acids is 2. The number of guanidine groups is 1. The maximum absolute atomic E-state index is 12.8. The molecule has 3 unspecified atom stereocenters. The molecule has 4 heterocycles. The predicted molar refractivity (Wildman–Crippen MR) is 124 cm³/mol. The Bertz CT molecular complexity index is 1070. The smallest absolute Gasteiger partial charge is 0.325 e. The Balaban J connectivity index is 1.31. The number of benzene rings is 1. The summed E-state index contributed by atoms with van der Waals surface area (Å²) in [5.41, 5.74) is 0.901. The van der Waals surface area contributed by atoms with E-state index in [1.807, 2.05) is 35.2 Å². The van der Waals surface area contributed by atoms with Crippen LogP contribution in [0.4, 0.5) is 4.79 Å². The first-order valence-corrected chi connectivity index (χ1v) is 12.2. The van der Waals surface area contributed by atoms with Gasteiger partial charge >= 0.3 is 6.03 Å². The van der Waals surface area contributed by atoms with E-state index in [0.717, 1.165) is 17.4 Å². The molecule has 0 aliphatic carbocycles. The zero-order valence-electron chi connectivity index (χ0n) is 19.1. The third-order valence-electron chi connectivity index (χ3n) is 6.08. The number of hydrogen-bond acceptors (Lipinski definition) is 10. The number of carbonyl (C=O) groups is 2. The lowest BCUT2D eigenvalue weighted by Crippen LogP contribution is -2.64. The minimum atomic E-state index is -0.553. The molecule has 2 aromatic rings. The molecule has 0 bridgehead atoms. The summed E-state index contributed by atoms with van der Waals surface area (Å²) in [6, 6.07) is 8.78. The summed E-state index contributed by atoms with van der Waals surface area (Å²) in [6.07, 6.45) is -0.538. The maximum atomic E-state index is 12.8. The molecule has 34 heavy (non-hydrogen) atoms. The third-order valence-corrected chi connectivity index (χ3v) is 7.33. The number of aromatic nitrogens is 4. The Morgan fingerprint density at radius 2 is 1.97 bits per heavy atom. The van der Waals surface area contributed by atoms with Crippen molar-refractivity contribution in [1.29, 1.82) is 0 Å². The van der Waals surface area contributed by atoms with Crippen molar-refractivity contribution in [3.63, 3.8) is 0 Å². The summed E-state index contributed by atoms with van der Waals surface area (Å²) in [6.45, 7) is 5.34. The number of tetrazole rings is 1. The lowest BCUT2D eigenvalue weighted by atomic mass is 10.1. The molecular weight excluding hydrogens is 458 g/mol. The van der Waals surface area contributed by atoms with E-state index in [1.165, 1.54) is 4.90 Å². The molecule has 13 heteroatoms. The van der Waals surface area contributed by atoms with Gasteiger partial charge in [-0.2, -0.15) is 4.68 Å². The van der Waals surface area contributed by atoms with Gasteiger partial charge in [0.15, 0.2) is 18.2 Å². The topological polar surface area (TPSA) is 121 Å². The quantitative estimate of drug-likeness (QED) is 0.575. The van der Waals surface area contributed by atoms with E-state index in [9.17, 15) is 9.59 Å². The van der Waals surface area contributed by atoms with Gasteiger partial charge in [-0.25, -0.2) is 9.79 Å². The van der Waals surface area contributed by atoms with Crippen molar-refractivity contribution in [1.82, 2.24) is 40.2 Å². The van der Waals surface area contributed by atoms with Gasteiger partial charge in [-0.05, 0) is 28.5 Å². The summed E-state index contributed by atoms with van der Waals surface area (Å²) in [5, 5.41) is 15.3. The Morgan fingerprint density at radius 3 is 2.74 bits per heavy atom. The van der Waals surface area contributed by atoms with Gasteiger partial charge in [0, 0.05) is 32.4 Å². The second-order valence-electron chi connectivity index (χ2n) is 8.57. The molecule has 2 fully saturated rings. The van der Waals surface area contributed by atoms with Crippen LogP contribution in [0.25, 0.3) is 5.69 Å². The summed E-state index contributed by atoms with van der Waals surface area (Å²) in [7, 11) is 1.67.